The van der Waals surface area contributed by atoms with E-state index in [0.29, 0.717) is 21.7 Å². The Balaban J connectivity index is 1.51. The normalized spacial score (nSPS) is 10.8. The van der Waals surface area contributed by atoms with Crippen LogP contribution in [0.2, 0.25) is 5.02 Å². The third-order valence-corrected chi connectivity index (χ3v) is 4.98. The number of nitrogens with zero attached hydrogens (tertiary/aromatic N) is 3. The summed E-state index contributed by atoms with van der Waals surface area (Å²) in [5.74, 6) is -1.25. The fraction of sp³-hybridized carbons (Fsp3) is 0.0476. The van der Waals surface area contributed by atoms with Gasteiger partial charge in [0.1, 0.15) is 16.9 Å². The Hall–Kier alpha value is -3.36. The summed E-state index contributed by atoms with van der Waals surface area (Å²) in [4.78, 5) is 13.7. The molecule has 0 saturated heterocycles. The summed E-state index contributed by atoms with van der Waals surface area (Å²) in [6, 6.07) is 16.5. The second-order valence-electron chi connectivity index (χ2n) is 6.51. The minimum atomic E-state index is -0.631. The Bertz CT molecular complexity index is 1290. The first kappa shape index (κ1) is 19.9. The van der Waals surface area contributed by atoms with Crippen molar-refractivity contribution >= 4 is 51.6 Å². The van der Waals surface area contributed by atoms with Gasteiger partial charge in [-0.25, -0.2) is 4.39 Å². The van der Waals surface area contributed by atoms with E-state index >= 15 is 0 Å². The highest BCUT2D eigenvalue weighted by Gasteiger charge is 2.13. The molecule has 150 valence electrons. The first-order valence-corrected chi connectivity index (χ1v) is 9.70. The van der Waals surface area contributed by atoms with Gasteiger partial charge in [0.25, 0.3) is 5.91 Å². The maximum Gasteiger partial charge on any atom is 0.260 e. The van der Waals surface area contributed by atoms with E-state index in [9.17, 15) is 9.18 Å². The van der Waals surface area contributed by atoms with Gasteiger partial charge in [0, 0.05) is 10.7 Å². The number of anilines is 1. The second-order valence-corrected chi connectivity index (χ2v) is 7.33. The van der Waals surface area contributed by atoms with Crippen molar-refractivity contribution in [3.8, 4) is 5.69 Å². The average Bonchev–Trinajstić information content (AvgIpc) is 3.13. The van der Waals surface area contributed by atoms with Gasteiger partial charge in [0.05, 0.1) is 11.3 Å². The second kappa shape index (κ2) is 8.17. The highest BCUT2D eigenvalue weighted by Crippen LogP contribution is 2.21. The number of carbonyl (C=O) groups excluding carboxylic acids is 1. The van der Waals surface area contributed by atoms with E-state index < -0.39 is 11.7 Å². The zero-order valence-corrected chi connectivity index (χ0v) is 17.3. The maximum atomic E-state index is 13.7. The molecule has 0 bridgehead atoms. The van der Waals surface area contributed by atoms with E-state index in [-0.39, 0.29) is 10.7 Å². The van der Waals surface area contributed by atoms with Gasteiger partial charge in [-0.05, 0) is 67.2 Å². The number of amides is 1. The molecule has 30 heavy (non-hydrogen) atoms. The van der Waals surface area contributed by atoms with Crippen LogP contribution in [-0.4, -0.2) is 26.0 Å². The van der Waals surface area contributed by atoms with Gasteiger partial charge in [0.15, 0.2) is 5.11 Å². The summed E-state index contributed by atoms with van der Waals surface area (Å²) in [7, 11) is 0. The van der Waals surface area contributed by atoms with Crippen LogP contribution >= 0.6 is 23.8 Å². The van der Waals surface area contributed by atoms with Gasteiger partial charge in [0.2, 0.25) is 0 Å². The number of carbonyl (C=O) groups is 1. The Morgan fingerprint density at radius 1 is 1.07 bits per heavy atom. The highest BCUT2D eigenvalue weighted by atomic mass is 35.5. The van der Waals surface area contributed by atoms with Gasteiger partial charge in [-0.2, -0.15) is 4.80 Å². The van der Waals surface area contributed by atoms with E-state index in [4.69, 9.17) is 23.8 Å². The lowest BCUT2D eigenvalue weighted by Crippen LogP contribution is -2.34. The van der Waals surface area contributed by atoms with Crippen LogP contribution in [0.15, 0.2) is 60.7 Å². The first-order chi connectivity index (χ1) is 14.4. The Morgan fingerprint density at radius 2 is 1.83 bits per heavy atom. The van der Waals surface area contributed by atoms with Crippen molar-refractivity contribution in [1.82, 2.24) is 20.3 Å². The van der Waals surface area contributed by atoms with Crippen molar-refractivity contribution < 1.29 is 9.18 Å². The van der Waals surface area contributed by atoms with E-state index in [0.717, 1.165) is 11.3 Å². The molecule has 1 heterocycles. The van der Waals surface area contributed by atoms with Crippen LogP contribution < -0.4 is 10.6 Å². The minimum absolute atomic E-state index is 0.0420. The first-order valence-electron chi connectivity index (χ1n) is 8.91. The zero-order chi connectivity index (χ0) is 21.3. The fourth-order valence-corrected chi connectivity index (χ4v) is 3.18. The third kappa shape index (κ3) is 4.14. The number of aryl methyl sites for hydroxylation is 1. The van der Waals surface area contributed by atoms with Crippen LogP contribution in [0, 0.1) is 12.7 Å². The molecule has 6 nitrogen and oxygen atoms in total. The van der Waals surface area contributed by atoms with Crippen molar-refractivity contribution in [3.63, 3.8) is 0 Å². The molecule has 0 aliphatic carbocycles. The SMILES string of the molecule is Cc1ccc(-n2nc3ccc(NC(=S)NC(=O)c4ccccc4F)cc3n2)cc1Cl. The van der Waals surface area contributed by atoms with Crippen LogP contribution in [0.1, 0.15) is 15.9 Å². The van der Waals surface area contributed by atoms with Crippen molar-refractivity contribution in [3.05, 3.63) is 82.6 Å². The molecule has 2 N–H and O–H groups in total. The molecule has 0 fully saturated rings. The van der Waals surface area contributed by atoms with Crippen LogP contribution in [-0.2, 0) is 0 Å². The lowest BCUT2D eigenvalue weighted by Gasteiger charge is -2.09. The van der Waals surface area contributed by atoms with E-state index in [1.807, 2.05) is 19.1 Å². The molecule has 9 heteroatoms. The molecular weight excluding hydrogens is 425 g/mol. The molecule has 3 aromatic carbocycles. The molecule has 1 aromatic heterocycles. The summed E-state index contributed by atoms with van der Waals surface area (Å²) >= 11 is 11.4. The summed E-state index contributed by atoms with van der Waals surface area (Å²) in [6.45, 7) is 1.92. The molecule has 0 aliphatic rings. The Morgan fingerprint density at radius 3 is 2.60 bits per heavy atom. The summed E-state index contributed by atoms with van der Waals surface area (Å²) in [5, 5.41) is 14.9. The monoisotopic (exact) mass is 439 g/mol. The number of halogens is 2. The van der Waals surface area contributed by atoms with Crippen molar-refractivity contribution in [2.24, 2.45) is 0 Å². The molecule has 0 aliphatic heterocycles. The van der Waals surface area contributed by atoms with Gasteiger partial charge >= 0.3 is 0 Å². The van der Waals surface area contributed by atoms with Crippen LogP contribution in [0.3, 0.4) is 0 Å². The van der Waals surface area contributed by atoms with Gasteiger partial charge < -0.3 is 5.32 Å². The van der Waals surface area contributed by atoms with E-state index in [1.165, 1.54) is 23.0 Å². The predicted molar refractivity (Wildman–Crippen MR) is 119 cm³/mol. The zero-order valence-electron chi connectivity index (χ0n) is 15.7. The molecule has 0 atom stereocenters. The highest BCUT2D eigenvalue weighted by molar-refractivity contribution is 7.80. The number of fused-ring (bicyclic) bond motifs is 1. The molecule has 0 spiro atoms. The number of benzene rings is 3. The lowest BCUT2D eigenvalue weighted by atomic mass is 10.2. The van der Waals surface area contributed by atoms with Crippen molar-refractivity contribution in [2.75, 3.05) is 5.32 Å². The smallest absolute Gasteiger partial charge is 0.260 e. The van der Waals surface area contributed by atoms with Crippen LogP contribution in [0.4, 0.5) is 10.1 Å². The lowest BCUT2D eigenvalue weighted by molar-refractivity contribution is 0.0974. The van der Waals surface area contributed by atoms with Gasteiger partial charge in [-0.3, -0.25) is 10.1 Å². The molecule has 0 unspecified atom stereocenters. The summed E-state index contributed by atoms with van der Waals surface area (Å²) < 4.78 is 13.7. The average molecular weight is 440 g/mol. The standard InChI is InChI=1S/C21H15ClFN5OS/c1-12-6-8-14(11-16(12)22)28-26-18-9-7-13(10-19(18)27-28)24-21(30)25-20(29)15-4-2-3-5-17(15)23/h2-11H,1H3,(H2,24,25,29,30). The van der Waals surface area contributed by atoms with Crippen LogP contribution in [0.25, 0.3) is 16.7 Å². The molecular formula is C21H15ClFN5OS. The molecule has 4 aromatic rings. The molecule has 1 amide bonds. The predicted octanol–water partition coefficient (Wildman–Crippen LogP) is 4.65. The number of aromatic nitrogens is 3. The molecule has 0 saturated carbocycles. The topological polar surface area (TPSA) is 71.8 Å². The van der Waals surface area contributed by atoms with E-state index in [1.54, 1.807) is 30.3 Å². The summed E-state index contributed by atoms with van der Waals surface area (Å²) in [6.07, 6.45) is 0. The Labute approximate surface area is 181 Å². The van der Waals surface area contributed by atoms with E-state index in [2.05, 4.69) is 20.8 Å². The third-order valence-electron chi connectivity index (χ3n) is 4.37. The number of nitrogens with one attached hydrogen (secondary N) is 2. The Kier molecular flexibility index (Phi) is 5.43. The number of hydrogen-bond donors (Lipinski definition) is 2. The minimum Gasteiger partial charge on any atom is -0.332 e. The van der Waals surface area contributed by atoms with Crippen LogP contribution in [0.5, 0.6) is 0 Å². The van der Waals surface area contributed by atoms with Crippen molar-refractivity contribution in [1.29, 1.82) is 0 Å². The quantitative estimate of drug-likeness (QED) is 0.455. The largest absolute Gasteiger partial charge is 0.332 e. The number of hydrogen-bond acceptors (Lipinski definition) is 4. The number of rotatable bonds is 3. The van der Waals surface area contributed by atoms with Gasteiger partial charge in [-0.1, -0.05) is 29.8 Å². The maximum absolute atomic E-state index is 13.7. The molecule has 4 rings (SSSR count). The van der Waals surface area contributed by atoms with Crippen molar-refractivity contribution in [2.45, 2.75) is 6.92 Å². The fourth-order valence-electron chi connectivity index (χ4n) is 2.79. The van der Waals surface area contributed by atoms with Gasteiger partial charge in [-0.15, -0.1) is 10.2 Å². The number of thiocarbonyl (C=S) groups is 1. The molecule has 0 radical (unpaired) electrons. The summed E-state index contributed by atoms with van der Waals surface area (Å²) in [5.41, 5.74) is 3.53.